The van der Waals surface area contributed by atoms with Gasteiger partial charge in [0.15, 0.2) is 0 Å². The van der Waals surface area contributed by atoms with Crippen LogP contribution in [0, 0.1) is 5.41 Å². The minimum Gasteiger partial charge on any atom is -0.412 e. The van der Waals surface area contributed by atoms with Crippen molar-refractivity contribution >= 4 is 26.4 Å². The molecule has 6 heteroatoms. The lowest BCUT2D eigenvalue weighted by atomic mass is 9.88. The van der Waals surface area contributed by atoms with E-state index in [9.17, 15) is 4.79 Å². The number of anilines is 2. The fourth-order valence-electron chi connectivity index (χ4n) is 2.44. The first kappa shape index (κ1) is 16.8. The minimum absolute atomic E-state index is 0.0103. The molecule has 1 aliphatic rings. The van der Waals surface area contributed by atoms with Crippen molar-refractivity contribution < 1.29 is 9.22 Å². The van der Waals surface area contributed by atoms with Crippen molar-refractivity contribution in [2.24, 2.45) is 5.41 Å². The number of nitrogens with two attached hydrogens (primary N) is 1. The summed E-state index contributed by atoms with van der Waals surface area (Å²) in [5, 5.41) is 2.92. The van der Waals surface area contributed by atoms with Gasteiger partial charge in [-0.15, -0.1) is 0 Å². The summed E-state index contributed by atoms with van der Waals surface area (Å²) in [6.45, 7) is 11.9. The predicted molar refractivity (Wildman–Crippen MR) is 92.1 cm³/mol. The first-order valence-electron chi connectivity index (χ1n) is 7.58. The van der Waals surface area contributed by atoms with Crippen LogP contribution < -0.4 is 11.1 Å². The van der Waals surface area contributed by atoms with Crippen LogP contribution in [-0.2, 0) is 11.0 Å². The third-order valence-corrected chi connectivity index (χ3v) is 4.51. The number of urea groups is 1. The molecule has 0 aromatic heterocycles. The first-order chi connectivity index (χ1) is 10.2. The van der Waals surface area contributed by atoms with Crippen LogP contribution in [0.25, 0.3) is 0 Å². The lowest BCUT2D eigenvalue weighted by molar-refractivity contribution is 0.0565. The quantitative estimate of drug-likeness (QED) is 0.661. The van der Waals surface area contributed by atoms with Gasteiger partial charge in [0, 0.05) is 24.5 Å². The molecule has 5 nitrogen and oxygen atoms in total. The summed E-state index contributed by atoms with van der Waals surface area (Å²) in [5.41, 5.74) is 8.32. The Kier molecular flexibility index (Phi) is 4.82. The SMILES string of the molecule is C[Si](C)OC(CN1Cc2ccc(N)cc2NC1=O)C(C)(C)C. The summed E-state index contributed by atoms with van der Waals surface area (Å²) in [7, 11) is -0.823. The number of carbonyl (C=O) groups is 1. The van der Waals surface area contributed by atoms with Crippen LogP contribution in [-0.4, -0.2) is 32.6 Å². The second-order valence-corrected chi connectivity index (χ2v) is 9.16. The number of benzene rings is 1. The summed E-state index contributed by atoms with van der Waals surface area (Å²) in [5.74, 6) is 0. The topological polar surface area (TPSA) is 67.6 Å². The Morgan fingerprint density at radius 3 is 2.68 bits per heavy atom. The van der Waals surface area contributed by atoms with Gasteiger partial charge in [-0.05, 0) is 36.2 Å². The maximum atomic E-state index is 12.3. The third-order valence-electron chi connectivity index (χ3n) is 3.75. The monoisotopic (exact) mass is 320 g/mol. The molecule has 0 saturated carbocycles. The third kappa shape index (κ3) is 4.01. The number of rotatable bonds is 4. The van der Waals surface area contributed by atoms with E-state index < -0.39 is 9.04 Å². The number of amides is 2. The molecule has 2 amide bonds. The Labute approximate surface area is 134 Å². The van der Waals surface area contributed by atoms with Crippen LogP contribution in [0.4, 0.5) is 16.2 Å². The largest absolute Gasteiger partial charge is 0.412 e. The van der Waals surface area contributed by atoms with Crippen molar-refractivity contribution in [3.63, 3.8) is 0 Å². The molecule has 0 aliphatic carbocycles. The Hall–Kier alpha value is -1.53. The average molecular weight is 320 g/mol. The number of nitrogen functional groups attached to an aromatic ring is 1. The first-order valence-corrected chi connectivity index (χ1v) is 9.99. The molecule has 1 atom stereocenters. The summed E-state index contributed by atoms with van der Waals surface area (Å²) >= 11 is 0. The van der Waals surface area contributed by atoms with Gasteiger partial charge in [0.05, 0.1) is 6.10 Å². The number of hydrogen-bond donors (Lipinski definition) is 2. The standard InChI is InChI=1S/C16H26N3O2Si/c1-16(2,3)14(21-22(4)5)10-19-9-11-6-7-12(17)8-13(11)18-15(19)20/h6-8,14H,9-10,17H2,1-5H3,(H,18,20). The van der Waals surface area contributed by atoms with Gasteiger partial charge in [-0.3, -0.25) is 0 Å². The molecule has 22 heavy (non-hydrogen) atoms. The second-order valence-electron chi connectivity index (χ2n) is 7.11. The smallest absolute Gasteiger partial charge is 0.322 e. The zero-order valence-electron chi connectivity index (χ0n) is 14.1. The van der Waals surface area contributed by atoms with E-state index in [1.807, 2.05) is 23.1 Å². The molecule has 1 unspecified atom stereocenters. The number of carbonyl (C=O) groups excluding carboxylic acids is 1. The average Bonchev–Trinajstić information content (AvgIpc) is 2.37. The highest BCUT2D eigenvalue weighted by Crippen LogP contribution is 2.29. The Morgan fingerprint density at radius 1 is 1.41 bits per heavy atom. The van der Waals surface area contributed by atoms with Crippen molar-refractivity contribution in [1.29, 1.82) is 0 Å². The maximum Gasteiger partial charge on any atom is 0.322 e. The number of fused-ring (bicyclic) bond motifs is 1. The highest BCUT2D eigenvalue weighted by atomic mass is 28.3. The molecule has 3 N–H and O–H groups in total. The highest BCUT2D eigenvalue weighted by molar-refractivity contribution is 6.48. The summed E-state index contributed by atoms with van der Waals surface area (Å²) in [4.78, 5) is 14.2. The van der Waals surface area contributed by atoms with Crippen molar-refractivity contribution in [3.8, 4) is 0 Å². The van der Waals surface area contributed by atoms with Crippen LogP contribution in [0.5, 0.6) is 0 Å². The van der Waals surface area contributed by atoms with Crippen molar-refractivity contribution in [3.05, 3.63) is 23.8 Å². The van der Waals surface area contributed by atoms with Gasteiger partial charge in [-0.1, -0.05) is 26.8 Å². The molecule has 1 heterocycles. The highest BCUT2D eigenvalue weighted by Gasteiger charge is 2.32. The van der Waals surface area contributed by atoms with Crippen LogP contribution >= 0.6 is 0 Å². The molecular weight excluding hydrogens is 294 g/mol. The fraction of sp³-hybridized carbons (Fsp3) is 0.562. The van der Waals surface area contributed by atoms with Gasteiger partial charge in [0.25, 0.3) is 0 Å². The number of nitrogens with one attached hydrogen (secondary N) is 1. The van der Waals surface area contributed by atoms with Gasteiger partial charge in [-0.2, -0.15) is 0 Å². The molecule has 0 spiro atoms. The van der Waals surface area contributed by atoms with Crippen molar-refractivity contribution in [2.45, 2.75) is 46.5 Å². The van der Waals surface area contributed by atoms with Crippen LogP contribution in [0.15, 0.2) is 18.2 Å². The van der Waals surface area contributed by atoms with E-state index in [4.69, 9.17) is 10.2 Å². The zero-order chi connectivity index (χ0) is 16.5. The maximum absolute atomic E-state index is 12.3. The van der Waals surface area contributed by atoms with Gasteiger partial charge in [-0.25, -0.2) is 4.79 Å². The van der Waals surface area contributed by atoms with E-state index >= 15 is 0 Å². The molecule has 0 bridgehead atoms. The van der Waals surface area contributed by atoms with E-state index in [2.05, 4.69) is 39.2 Å². The molecular formula is C16H26N3O2Si. The minimum atomic E-state index is -0.823. The number of nitrogens with zero attached hydrogens (tertiary/aromatic N) is 1. The van der Waals surface area contributed by atoms with E-state index in [-0.39, 0.29) is 17.6 Å². The van der Waals surface area contributed by atoms with Gasteiger partial charge in [0.1, 0.15) is 0 Å². The molecule has 1 radical (unpaired) electrons. The molecule has 121 valence electrons. The lowest BCUT2D eigenvalue weighted by Gasteiger charge is -2.38. The molecule has 1 aromatic carbocycles. The molecule has 1 aromatic rings. The van der Waals surface area contributed by atoms with E-state index in [1.165, 1.54) is 0 Å². The molecule has 0 fully saturated rings. The molecule has 2 rings (SSSR count). The van der Waals surface area contributed by atoms with Crippen LogP contribution in [0.3, 0.4) is 0 Å². The number of hydrogen-bond acceptors (Lipinski definition) is 3. The lowest BCUT2D eigenvalue weighted by Crippen LogP contribution is -2.48. The Balaban J connectivity index is 2.15. The second kappa shape index (κ2) is 6.30. The van der Waals surface area contributed by atoms with Gasteiger partial charge < -0.3 is 20.4 Å². The fourth-order valence-corrected chi connectivity index (χ4v) is 3.44. The van der Waals surface area contributed by atoms with Crippen LogP contribution in [0.2, 0.25) is 13.1 Å². The summed E-state index contributed by atoms with van der Waals surface area (Å²) in [6.07, 6.45) is 0.0254. The van der Waals surface area contributed by atoms with Crippen molar-refractivity contribution in [1.82, 2.24) is 4.90 Å². The van der Waals surface area contributed by atoms with Gasteiger partial charge >= 0.3 is 6.03 Å². The predicted octanol–water partition coefficient (Wildman–Crippen LogP) is 3.30. The molecule has 1 aliphatic heterocycles. The normalized spacial score (nSPS) is 16.5. The Bertz CT molecular complexity index is 555. The zero-order valence-corrected chi connectivity index (χ0v) is 15.1. The van der Waals surface area contributed by atoms with Crippen molar-refractivity contribution in [2.75, 3.05) is 17.6 Å². The van der Waals surface area contributed by atoms with E-state index in [0.29, 0.717) is 18.8 Å². The summed E-state index contributed by atoms with van der Waals surface area (Å²) in [6, 6.07) is 5.56. The summed E-state index contributed by atoms with van der Waals surface area (Å²) < 4.78 is 6.13. The van der Waals surface area contributed by atoms with E-state index in [1.54, 1.807) is 0 Å². The van der Waals surface area contributed by atoms with Gasteiger partial charge in [0.2, 0.25) is 9.04 Å². The van der Waals surface area contributed by atoms with Crippen LogP contribution in [0.1, 0.15) is 26.3 Å². The molecule has 0 saturated heterocycles. The van der Waals surface area contributed by atoms with E-state index in [0.717, 1.165) is 11.3 Å². The Morgan fingerprint density at radius 2 is 2.09 bits per heavy atom.